The number of methoxy groups -OCH3 is 1. The second-order valence-electron chi connectivity index (χ2n) is 5.52. The Bertz CT molecular complexity index is 713. The lowest BCUT2D eigenvalue weighted by Crippen LogP contribution is -2.41. The molecule has 2 aromatic carbocycles. The van der Waals surface area contributed by atoms with Crippen LogP contribution in [0.1, 0.15) is 12.5 Å². The van der Waals surface area contributed by atoms with E-state index in [4.69, 9.17) is 9.47 Å². The first-order chi connectivity index (χ1) is 12.1. The van der Waals surface area contributed by atoms with Gasteiger partial charge in [-0.2, -0.15) is 0 Å². The quantitative estimate of drug-likeness (QED) is 0.367. The van der Waals surface area contributed by atoms with Crippen LogP contribution in [0.5, 0.6) is 11.5 Å². The smallest absolute Gasteiger partial charge is 0.191 e. The Morgan fingerprint density at radius 1 is 1.12 bits per heavy atom. The SMILES string of the molecule is CN=C(NCc1cccc(F)c1)NCC(C)Oc1ccccc1OC.I. The van der Waals surface area contributed by atoms with Crippen LogP contribution in [0.25, 0.3) is 0 Å². The number of aliphatic imine (C=N–C) groups is 1. The maximum absolute atomic E-state index is 13.2. The number of ether oxygens (including phenoxy) is 2. The minimum atomic E-state index is -0.249. The molecule has 0 saturated heterocycles. The van der Waals surface area contributed by atoms with E-state index in [1.54, 1.807) is 20.2 Å². The molecule has 2 aromatic rings. The number of rotatable bonds is 7. The molecule has 1 unspecified atom stereocenters. The Balaban J connectivity index is 0.00000338. The van der Waals surface area contributed by atoms with Crippen molar-refractivity contribution in [3.63, 3.8) is 0 Å². The molecule has 2 N–H and O–H groups in total. The van der Waals surface area contributed by atoms with Gasteiger partial charge in [0.2, 0.25) is 0 Å². The van der Waals surface area contributed by atoms with Crippen LogP contribution in [0, 0.1) is 5.82 Å². The second-order valence-corrected chi connectivity index (χ2v) is 5.52. The molecule has 0 saturated carbocycles. The van der Waals surface area contributed by atoms with Gasteiger partial charge < -0.3 is 20.1 Å². The van der Waals surface area contributed by atoms with Crippen LogP contribution in [0.2, 0.25) is 0 Å². The van der Waals surface area contributed by atoms with Crippen molar-refractivity contribution in [1.82, 2.24) is 10.6 Å². The van der Waals surface area contributed by atoms with E-state index in [2.05, 4.69) is 15.6 Å². The van der Waals surface area contributed by atoms with Crippen LogP contribution in [0.3, 0.4) is 0 Å². The minimum Gasteiger partial charge on any atom is -0.493 e. The molecule has 0 aliphatic rings. The van der Waals surface area contributed by atoms with Gasteiger partial charge in [0, 0.05) is 13.6 Å². The van der Waals surface area contributed by atoms with Crippen LogP contribution in [-0.4, -0.2) is 32.8 Å². The van der Waals surface area contributed by atoms with Gasteiger partial charge >= 0.3 is 0 Å². The summed E-state index contributed by atoms with van der Waals surface area (Å²) < 4.78 is 24.4. The minimum absolute atomic E-state index is 0. The summed E-state index contributed by atoms with van der Waals surface area (Å²) in [4.78, 5) is 4.16. The highest BCUT2D eigenvalue weighted by atomic mass is 127. The number of benzene rings is 2. The molecule has 0 aromatic heterocycles. The number of nitrogens with zero attached hydrogens (tertiary/aromatic N) is 1. The summed E-state index contributed by atoms with van der Waals surface area (Å²) in [6.07, 6.45) is -0.0935. The van der Waals surface area contributed by atoms with Crippen LogP contribution in [-0.2, 0) is 6.54 Å². The van der Waals surface area contributed by atoms with Crippen molar-refractivity contribution in [3.05, 3.63) is 59.9 Å². The van der Waals surface area contributed by atoms with E-state index in [1.165, 1.54) is 12.1 Å². The van der Waals surface area contributed by atoms with Crippen molar-refractivity contribution in [3.8, 4) is 11.5 Å². The van der Waals surface area contributed by atoms with Gasteiger partial charge in [-0.15, -0.1) is 24.0 Å². The van der Waals surface area contributed by atoms with Gasteiger partial charge in [0.15, 0.2) is 17.5 Å². The van der Waals surface area contributed by atoms with Gasteiger partial charge in [0.25, 0.3) is 0 Å². The van der Waals surface area contributed by atoms with Gasteiger partial charge in [-0.25, -0.2) is 4.39 Å². The lowest BCUT2D eigenvalue weighted by molar-refractivity contribution is 0.213. The lowest BCUT2D eigenvalue weighted by atomic mass is 10.2. The monoisotopic (exact) mass is 473 g/mol. The van der Waals surface area contributed by atoms with E-state index < -0.39 is 0 Å². The molecule has 0 aliphatic carbocycles. The number of hydrogen-bond acceptors (Lipinski definition) is 3. The van der Waals surface area contributed by atoms with Crippen LogP contribution < -0.4 is 20.1 Å². The summed E-state index contributed by atoms with van der Waals surface area (Å²) >= 11 is 0. The van der Waals surface area contributed by atoms with Gasteiger partial charge in [-0.3, -0.25) is 4.99 Å². The maximum Gasteiger partial charge on any atom is 0.191 e. The molecule has 1 atom stereocenters. The van der Waals surface area contributed by atoms with Crippen molar-refractivity contribution in [1.29, 1.82) is 0 Å². The van der Waals surface area contributed by atoms with Gasteiger partial charge in [-0.1, -0.05) is 24.3 Å². The summed E-state index contributed by atoms with van der Waals surface area (Å²) in [7, 11) is 3.30. The third-order valence-electron chi connectivity index (χ3n) is 3.53. The molecule has 26 heavy (non-hydrogen) atoms. The number of nitrogens with one attached hydrogen (secondary N) is 2. The Kier molecular flexibility index (Phi) is 9.79. The topological polar surface area (TPSA) is 54.9 Å². The molecule has 142 valence electrons. The van der Waals surface area contributed by atoms with Crippen LogP contribution in [0.15, 0.2) is 53.5 Å². The van der Waals surface area contributed by atoms with Crippen molar-refractivity contribution < 1.29 is 13.9 Å². The van der Waals surface area contributed by atoms with E-state index in [0.29, 0.717) is 30.5 Å². The molecule has 0 bridgehead atoms. The molecule has 0 amide bonds. The highest BCUT2D eigenvalue weighted by molar-refractivity contribution is 14.0. The first kappa shape index (κ1) is 22.0. The number of para-hydroxylation sites is 2. The molecular weight excluding hydrogens is 448 g/mol. The van der Waals surface area contributed by atoms with E-state index in [-0.39, 0.29) is 35.9 Å². The van der Waals surface area contributed by atoms with E-state index in [9.17, 15) is 4.39 Å². The second kappa shape index (κ2) is 11.6. The highest BCUT2D eigenvalue weighted by Crippen LogP contribution is 2.26. The first-order valence-electron chi connectivity index (χ1n) is 8.11. The fourth-order valence-electron chi connectivity index (χ4n) is 2.27. The molecular formula is C19H25FIN3O2. The predicted octanol–water partition coefficient (Wildman–Crippen LogP) is 3.58. The Labute approximate surface area is 171 Å². The fraction of sp³-hybridized carbons (Fsp3) is 0.316. The Morgan fingerprint density at radius 2 is 1.85 bits per heavy atom. The van der Waals surface area contributed by atoms with Gasteiger partial charge in [-0.05, 0) is 36.8 Å². The van der Waals surface area contributed by atoms with Crippen molar-refractivity contribution >= 4 is 29.9 Å². The van der Waals surface area contributed by atoms with E-state index >= 15 is 0 Å². The number of hydrogen-bond donors (Lipinski definition) is 2. The lowest BCUT2D eigenvalue weighted by Gasteiger charge is -2.19. The third-order valence-corrected chi connectivity index (χ3v) is 3.53. The molecule has 2 rings (SSSR count). The fourth-order valence-corrected chi connectivity index (χ4v) is 2.27. The van der Waals surface area contributed by atoms with Crippen molar-refractivity contribution in [2.24, 2.45) is 4.99 Å². The Hall–Kier alpha value is -2.03. The Morgan fingerprint density at radius 3 is 2.50 bits per heavy atom. The zero-order valence-corrected chi connectivity index (χ0v) is 17.5. The summed E-state index contributed by atoms with van der Waals surface area (Å²) in [5.41, 5.74) is 0.848. The number of guanidine groups is 1. The molecule has 0 fully saturated rings. The van der Waals surface area contributed by atoms with Crippen LogP contribution in [0.4, 0.5) is 4.39 Å². The average Bonchev–Trinajstić information content (AvgIpc) is 2.62. The molecule has 0 heterocycles. The van der Waals surface area contributed by atoms with Crippen molar-refractivity contribution in [2.75, 3.05) is 20.7 Å². The summed E-state index contributed by atoms with van der Waals surface area (Å²) in [6.45, 7) is 3.00. The molecule has 5 nitrogen and oxygen atoms in total. The van der Waals surface area contributed by atoms with E-state index in [1.807, 2.05) is 37.3 Å². The largest absolute Gasteiger partial charge is 0.493 e. The van der Waals surface area contributed by atoms with Gasteiger partial charge in [0.05, 0.1) is 13.7 Å². The van der Waals surface area contributed by atoms with E-state index in [0.717, 1.165) is 5.56 Å². The van der Waals surface area contributed by atoms with Gasteiger partial charge in [0.1, 0.15) is 11.9 Å². The predicted molar refractivity (Wildman–Crippen MR) is 113 cm³/mol. The molecule has 0 spiro atoms. The van der Waals surface area contributed by atoms with Crippen LogP contribution >= 0.6 is 24.0 Å². The van der Waals surface area contributed by atoms with Crippen molar-refractivity contribution in [2.45, 2.75) is 19.6 Å². The summed E-state index contributed by atoms with van der Waals surface area (Å²) in [6, 6.07) is 14.0. The normalized spacial score (nSPS) is 11.9. The zero-order valence-electron chi connectivity index (χ0n) is 15.2. The molecule has 0 aliphatic heterocycles. The summed E-state index contributed by atoms with van der Waals surface area (Å²) in [5.74, 6) is 1.77. The first-order valence-corrected chi connectivity index (χ1v) is 8.11. The molecule has 7 heteroatoms. The summed E-state index contributed by atoms with van der Waals surface area (Å²) in [5, 5.41) is 6.34. The standard InChI is InChI=1S/C19H24FN3O2.HI/c1-14(25-18-10-5-4-9-17(18)24-3)12-22-19(21-2)23-13-15-7-6-8-16(20)11-15;/h4-11,14H,12-13H2,1-3H3,(H2,21,22,23);1H. The highest BCUT2D eigenvalue weighted by Gasteiger charge is 2.09. The number of halogens is 2. The zero-order chi connectivity index (χ0) is 18.1. The average molecular weight is 473 g/mol. The maximum atomic E-state index is 13.2. The third kappa shape index (κ3) is 7.07. The molecule has 0 radical (unpaired) electrons.